The molecule has 0 heterocycles. The van der Waals surface area contributed by atoms with Crippen LogP contribution in [0.1, 0.15) is 64.2 Å². The zero-order valence-electron chi connectivity index (χ0n) is 14.0. The van der Waals surface area contributed by atoms with Gasteiger partial charge in [-0.2, -0.15) is 0 Å². The molecule has 0 atom stereocenters. The summed E-state index contributed by atoms with van der Waals surface area (Å²) in [7, 11) is 1.44. The van der Waals surface area contributed by atoms with Crippen LogP contribution in [0.3, 0.4) is 0 Å². The number of carbonyl (C=O) groups excluding carboxylic acids is 1. The Morgan fingerprint density at radius 2 is 1.36 bits per heavy atom. The third-order valence-electron chi connectivity index (χ3n) is 3.32. The number of rotatable bonds is 14. The highest BCUT2D eigenvalue weighted by atomic mass is 16.5. The van der Waals surface area contributed by atoms with E-state index in [1.807, 2.05) is 6.08 Å². The number of hydrogen-bond donors (Lipinski definition) is 1. The molecule has 126 valence electrons. The van der Waals surface area contributed by atoms with Gasteiger partial charge >= 0.3 is 5.97 Å². The highest BCUT2D eigenvalue weighted by Crippen LogP contribution is 2.08. The lowest BCUT2D eigenvalue weighted by Gasteiger charge is -1.99. The minimum Gasteiger partial charge on any atom is -0.469 e. The third kappa shape index (κ3) is 16.7. The van der Waals surface area contributed by atoms with E-state index in [2.05, 4.69) is 35.1 Å². The summed E-state index contributed by atoms with van der Waals surface area (Å²) in [5.74, 6) is -0.0973. The lowest BCUT2D eigenvalue weighted by molar-refractivity contribution is -0.140. The van der Waals surface area contributed by atoms with Gasteiger partial charge in [0, 0.05) is 13.0 Å². The Bertz CT molecular complexity index is 330. The molecule has 0 radical (unpaired) electrons. The maximum Gasteiger partial charge on any atom is 0.305 e. The Hall–Kier alpha value is -1.35. The van der Waals surface area contributed by atoms with Gasteiger partial charge in [0.05, 0.1) is 7.11 Å². The van der Waals surface area contributed by atoms with Gasteiger partial charge in [-0.05, 0) is 38.5 Å². The SMILES string of the molecule is COC(=O)CCCCCCC/C=C/C/C=C/C/C=C/CCO. The van der Waals surface area contributed by atoms with Crippen LogP contribution in [0.4, 0.5) is 0 Å². The summed E-state index contributed by atoms with van der Waals surface area (Å²) >= 11 is 0. The summed E-state index contributed by atoms with van der Waals surface area (Å²) in [5, 5.41) is 8.61. The summed E-state index contributed by atoms with van der Waals surface area (Å²) in [6.45, 7) is 0.230. The average molecular weight is 308 g/mol. The molecule has 0 aromatic heterocycles. The highest BCUT2D eigenvalue weighted by Gasteiger charge is 1.98. The molecule has 22 heavy (non-hydrogen) atoms. The van der Waals surface area contributed by atoms with Gasteiger partial charge in [0.25, 0.3) is 0 Å². The zero-order chi connectivity index (χ0) is 16.3. The number of aliphatic hydroxyl groups excluding tert-OH is 1. The largest absolute Gasteiger partial charge is 0.469 e. The molecule has 0 rings (SSSR count). The van der Waals surface area contributed by atoms with Crippen molar-refractivity contribution >= 4 is 5.97 Å². The van der Waals surface area contributed by atoms with Crippen LogP contribution in [-0.2, 0) is 9.53 Å². The van der Waals surface area contributed by atoms with Crippen molar-refractivity contribution in [1.82, 2.24) is 0 Å². The number of unbranched alkanes of at least 4 members (excludes halogenated alkanes) is 5. The van der Waals surface area contributed by atoms with Crippen molar-refractivity contribution in [3.8, 4) is 0 Å². The lowest BCUT2D eigenvalue weighted by atomic mass is 10.1. The molecule has 0 aliphatic rings. The first-order valence-electron chi connectivity index (χ1n) is 8.44. The number of ether oxygens (including phenoxy) is 1. The van der Waals surface area contributed by atoms with Gasteiger partial charge < -0.3 is 9.84 Å². The maximum absolute atomic E-state index is 10.9. The van der Waals surface area contributed by atoms with Gasteiger partial charge in [-0.3, -0.25) is 4.79 Å². The second-order valence-electron chi connectivity index (χ2n) is 5.28. The van der Waals surface area contributed by atoms with E-state index in [-0.39, 0.29) is 12.6 Å². The molecular weight excluding hydrogens is 276 g/mol. The molecule has 0 fully saturated rings. The molecule has 0 saturated carbocycles. The van der Waals surface area contributed by atoms with Crippen LogP contribution >= 0.6 is 0 Å². The van der Waals surface area contributed by atoms with Crippen molar-refractivity contribution < 1.29 is 14.6 Å². The van der Waals surface area contributed by atoms with Gasteiger partial charge in [0.1, 0.15) is 0 Å². The minimum atomic E-state index is -0.0973. The van der Waals surface area contributed by atoms with E-state index >= 15 is 0 Å². The van der Waals surface area contributed by atoms with Crippen LogP contribution in [0.5, 0.6) is 0 Å². The van der Waals surface area contributed by atoms with Crippen molar-refractivity contribution in [2.75, 3.05) is 13.7 Å². The van der Waals surface area contributed by atoms with Crippen molar-refractivity contribution in [3.05, 3.63) is 36.5 Å². The first kappa shape index (κ1) is 20.6. The fourth-order valence-corrected chi connectivity index (χ4v) is 2.02. The van der Waals surface area contributed by atoms with Gasteiger partial charge in [-0.15, -0.1) is 0 Å². The van der Waals surface area contributed by atoms with Gasteiger partial charge in [0.2, 0.25) is 0 Å². The van der Waals surface area contributed by atoms with Gasteiger partial charge in [-0.1, -0.05) is 55.7 Å². The number of carbonyl (C=O) groups is 1. The minimum absolute atomic E-state index is 0.0973. The van der Waals surface area contributed by atoms with E-state index in [0.717, 1.165) is 38.5 Å². The topological polar surface area (TPSA) is 46.5 Å². The number of allylic oxidation sites excluding steroid dienone is 5. The Labute approximate surface area is 135 Å². The van der Waals surface area contributed by atoms with Crippen molar-refractivity contribution in [2.45, 2.75) is 64.2 Å². The van der Waals surface area contributed by atoms with E-state index < -0.39 is 0 Å². The average Bonchev–Trinajstić information content (AvgIpc) is 2.54. The summed E-state index contributed by atoms with van der Waals surface area (Å²) in [4.78, 5) is 10.9. The quantitative estimate of drug-likeness (QED) is 0.287. The summed E-state index contributed by atoms with van der Waals surface area (Å²) in [5.41, 5.74) is 0. The molecule has 0 spiro atoms. The van der Waals surface area contributed by atoms with E-state index in [1.54, 1.807) is 0 Å². The van der Waals surface area contributed by atoms with E-state index in [9.17, 15) is 4.79 Å². The van der Waals surface area contributed by atoms with Gasteiger partial charge in [-0.25, -0.2) is 0 Å². The fourth-order valence-electron chi connectivity index (χ4n) is 2.02. The zero-order valence-corrected chi connectivity index (χ0v) is 14.0. The first-order valence-corrected chi connectivity index (χ1v) is 8.44. The molecule has 0 bridgehead atoms. The molecule has 0 aromatic carbocycles. The molecule has 3 nitrogen and oxygen atoms in total. The van der Waals surface area contributed by atoms with Crippen molar-refractivity contribution in [3.63, 3.8) is 0 Å². The first-order chi connectivity index (χ1) is 10.8. The van der Waals surface area contributed by atoms with E-state index in [4.69, 9.17) is 5.11 Å². The molecular formula is C19H32O3. The van der Waals surface area contributed by atoms with Crippen LogP contribution in [0.15, 0.2) is 36.5 Å². The number of aliphatic hydroxyl groups is 1. The predicted octanol–water partition coefficient (Wildman–Crippen LogP) is 4.72. The van der Waals surface area contributed by atoms with Crippen LogP contribution in [0, 0.1) is 0 Å². The number of esters is 1. The van der Waals surface area contributed by atoms with Crippen LogP contribution in [0.2, 0.25) is 0 Å². The fraction of sp³-hybridized carbons (Fsp3) is 0.632. The Kier molecular flexibility index (Phi) is 16.6. The molecule has 0 saturated heterocycles. The standard InChI is InChI=1S/C19H32O3/c1-22-19(21)17-15-13-11-9-7-5-3-2-4-6-8-10-12-14-16-18-20/h2-3,6,8,12,14,20H,4-5,7,9-11,13,15-18H2,1H3/b3-2+,8-6+,14-12+. The second kappa shape index (κ2) is 17.7. The molecule has 0 aliphatic heterocycles. The second-order valence-corrected chi connectivity index (χ2v) is 5.28. The Morgan fingerprint density at radius 1 is 0.818 bits per heavy atom. The van der Waals surface area contributed by atoms with E-state index in [0.29, 0.717) is 6.42 Å². The molecule has 3 heteroatoms. The Morgan fingerprint density at radius 3 is 2.00 bits per heavy atom. The Balaban J connectivity index is 3.27. The van der Waals surface area contributed by atoms with Crippen LogP contribution in [-0.4, -0.2) is 24.8 Å². The summed E-state index contributed by atoms with van der Waals surface area (Å²) in [6.07, 6.45) is 23.0. The van der Waals surface area contributed by atoms with Crippen LogP contribution < -0.4 is 0 Å². The van der Waals surface area contributed by atoms with Gasteiger partial charge in [0.15, 0.2) is 0 Å². The van der Waals surface area contributed by atoms with Crippen molar-refractivity contribution in [1.29, 1.82) is 0 Å². The smallest absolute Gasteiger partial charge is 0.305 e. The predicted molar refractivity (Wildman–Crippen MR) is 92.7 cm³/mol. The highest BCUT2D eigenvalue weighted by molar-refractivity contribution is 5.68. The summed E-state index contributed by atoms with van der Waals surface area (Å²) in [6, 6.07) is 0. The molecule has 0 aliphatic carbocycles. The molecule has 0 aromatic rings. The molecule has 0 amide bonds. The lowest BCUT2D eigenvalue weighted by Crippen LogP contribution is -1.98. The van der Waals surface area contributed by atoms with E-state index in [1.165, 1.54) is 26.4 Å². The number of methoxy groups -OCH3 is 1. The third-order valence-corrected chi connectivity index (χ3v) is 3.32. The number of hydrogen-bond acceptors (Lipinski definition) is 3. The van der Waals surface area contributed by atoms with Crippen molar-refractivity contribution in [2.24, 2.45) is 0 Å². The summed E-state index contributed by atoms with van der Waals surface area (Å²) < 4.78 is 4.61. The van der Waals surface area contributed by atoms with Crippen LogP contribution in [0.25, 0.3) is 0 Å². The molecule has 1 N–H and O–H groups in total. The maximum atomic E-state index is 10.9. The normalized spacial score (nSPS) is 11.9. The monoisotopic (exact) mass is 308 g/mol. The molecule has 0 unspecified atom stereocenters.